The predicted molar refractivity (Wildman–Crippen MR) is 117 cm³/mol. The third-order valence-electron chi connectivity index (χ3n) is 5.37. The zero-order chi connectivity index (χ0) is 21.9. The largest absolute Gasteiger partial charge is 0.307 e. The molecule has 11 heteroatoms. The number of hydrogen-bond acceptors (Lipinski definition) is 7. The average molecular weight is 474 g/mol. The number of carbonyl (C=O) groups is 2. The molecule has 2 aliphatic heterocycles. The zero-order valence-electron chi connectivity index (χ0n) is 15.5. The van der Waals surface area contributed by atoms with E-state index in [0.29, 0.717) is 14.9 Å². The Labute approximate surface area is 188 Å². The number of nitrogens with zero attached hydrogens (tertiary/aromatic N) is 2. The number of fused-ring (bicyclic) bond motifs is 2. The number of thioether (sulfide) groups is 1. The first-order valence-electron chi connectivity index (χ1n) is 9.12. The van der Waals surface area contributed by atoms with Gasteiger partial charge in [0.1, 0.15) is 5.25 Å². The second-order valence-electron chi connectivity index (χ2n) is 7.09. The Morgan fingerprint density at radius 3 is 2.32 bits per heavy atom. The van der Waals surface area contributed by atoms with Crippen molar-refractivity contribution >= 4 is 57.9 Å². The van der Waals surface area contributed by atoms with Crippen molar-refractivity contribution in [2.45, 2.75) is 16.2 Å². The number of carbonyl (C=O) groups excluding carboxylic acids is 2. The Morgan fingerprint density at radius 1 is 1.00 bits per heavy atom. The molecule has 3 unspecified atom stereocenters. The van der Waals surface area contributed by atoms with Gasteiger partial charge in [-0.15, -0.1) is 0 Å². The number of H-pyrrole nitrogens is 1. The molecule has 2 aliphatic rings. The number of nitro benzene ring substituents is 1. The number of anilines is 1. The summed E-state index contributed by atoms with van der Waals surface area (Å²) in [7, 11) is 0. The quantitative estimate of drug-likeness (QED) is 0.351. The van der Waals surface area contributed by atoms with Gasteiger partial charge in [0, 0.05) is 28.0 Å². The highest BCUT2D eigenvalue weighted by molar-refractivity contribution is 8.00. The van der Waals surface area contributed by atoms with Crippen molar-refractivity contribution in [1.29, 1.82) is 0 Å². The second-order valence-corrected chi connectivity index (χ2v) is 9.69. The van der Waals surface area contributed by atoms with E-state index < -0.39 is 33.8 Å². The fourth-order valence-corrected chi connectivity index (χ4v) is 6.67. The summed E-state index contributed by atoms with van der Waals surface area (Å²) in [6.07, 6.45) is 0. The minimum Gasteiger partial charge on any atom is -0.307 e. The van der Waals surface area contributed by atoms with Crippen LogP contribution < -0.4 is 9.77 Å². The Balaban J connectivity index is 1.60. The molecule has 1 aromatic heterocycles. The summed E-state index contributed by atoms with van der Waals surface area (Å²) in [5.74, 6) is -2.01. The molecule has 3 aromatic rings. The van der Waals surface area contributed by atoms with Crippen LogP contribution in [0.4, 0.5) is 11.4 Å². The number of imide groups is 1. The Hall–Kier alpha value is -2.95. The van der Waals surface area contributed by atoms with Crippen molar-refractivity contribution < 1.29 is 14.5 Å². The van der Waals surface area contributed by atoms with E-state index in [1.165, 1.54) is 36.0 Å². The molecule has 0 bridgehead atoms. The van der Waals surface area contributed by atoms with Crippen LogP contribution in [0.25, 0.3) is 0 Å². The van der Waals surface area contributed by atoms with Crippen molar-refractivity contribution in [2.75, 3.05) is 4.90 Å². The summed E-state index contributed by atoms with van der Waals surface area (Å²) in [5, 5.41) is 11.3. The summed E-state index contributed by atoms with van der Waals surface area (Å²) in [4.78, 5) is 53.5. The van der Waals surface area contributed by atoms with Gasteiger partial charge < -0.3 is 4.98 Å². The number of hydrogen-bond donors (Lipinski definition) is 1. The SMILES string of the molecule is O=C1C2Sc3[nH]c(=O)sc3C(c3ccc(Cl)cc3)C2C(=O)N1c1ccc([N+](=O)[O-])cc1. The van der Waals surface area contributed by atoms with Crippen LogP contribution in [0.1, 0.15) is 16.4 Å². The van der Waals surface area contributed by atoms with Crippen molar-refractivity contribution in [3.05, 3.63) is 83.8 Å². The zero-order valence-corrected chi connectivity index (χ0v) is 17.9. The molecule has 3 atom stereocenters. The van der Waals surface area contributed by atoms with Crippen LogP contribution in [0, 0.1) is 16.0 Å². The van der Waals surface area contributed by atoms with E-state index in [1.54, 1.807) is 24.3 Å². The van der Waals surface area contributed by atoms with Crippen LogP contribution in [-0.2, 0) is 9.59 Å². The van der Waals surface area contributed by atoms with Crippen molar-refractivity contribution in [3.63, 3.8) is 0 Å². The standard InChI is InChI=1S/C20H12ClN3O5S2/c21-10-3-1-9(2-4-10)13-14-16(30-17-15(13)31-20(27)22-17)19(26)23(18(14)25)11-5-7-12(8-6-11)24(28)29/h1-8,13-14,16H,(H,22,27). The molecule has 0 spiro atoms. The van der Waals surface area contributed by atoms with Crippen molar-refractivity contribution in [2.24, 2.45) is 5.92 Å². The number of aromatic nitrogens is 1. The molecule has 8 nitrogen and oxygen atoms in total. The van der Waals surface area contributed by atoms with E-state index in [4.69, 9.17) is 11.6 Å². The van der Waals surface area contributed by atoms with Crippen LogP contribution in [0.2, 0.25) is 5.02 Å². The molecule has 1 saturated heterocycles. The number of aromatic amines is 1. The summed E-state index contributed by atoms with van der Waals surface area (Å²) < 4.78 is 0. The van der Waals surface area contributed by atoms with Crippen molar-refractivity contribution in [1.82, 2.24) is 4.98 Å². The van der Waals surface area contributed by atoms with Gasteiger partial charge in [-0.25, -0.2) is 4.90 Å². The molecular weight excluding hydrogens is 462 g/mol. The molecule has 0 radical (unpaired) electrons. The second kappa shape index (κ2) is 7.33. The summed E-state index contributed by atoms with van der Waals surface area (Å²) in [6.45, 7) is 0. The maximum absolute atomic E-state index is 13.5. The fraction of sp³-hybridized carbons (Fsp3) is 0.150. The van der Waals surface area contributed by atoms with Gasteiger partial charge in [0.15, 0.2) is 0 Å². The normalized spacial score (nSPS) is 22.4. The van der Waals surface area contributed by atoms with Gasteiger partial charge >= 0.3 is 4.87 Å². The molecule has 1 fully saturated rings. The van der Waals surface area contributed by atoms with Crippen LogP contribution in [0.3, 0.4) is 0 Å². The Kier molecular flexibility index (Phi) is 4.72. The lowest BCUT2D eigenvalue weighted by Gasteiger charge is -2.29. The number of amides is 2. The summed E-state index contributed by atoms with van der Waals surface area (Å²) >= 11 is 8.23. The summed E-state index contributed by atoms with van der Waals surface area (Å²) in [5.41, 5.74) is 0.929. The molecular formula is C20H12ClN3O5S2. The number of benzene rings is 2. The van der Waals surface area contributed by atoms with Crippen LogP contribution in [0.5, 0.6) is 0 Å². The first-order chi connectivity index (χ1) is 14.8. The van der Waals surface area contributed by atoms with E-state index in [2.05, 4.69) is 4.98 Å². The molecule has 156 valence electrons. The molecule has 31 heavy (non-hydrogen) atoms. The highest BCUT2D eigenvalue weighted by atomic mass is 35.5. The number of halogens is 1. The molecule has 3 heterocycles. The molecule has 0 saturated carbocycles. The highest BCUT2D eigenvalue weighted by Gasteiger charge is 2.56. The lowest BCUT2D eigenvalue weighted by molar-refractivity contribution is -0.384. The summed E-state index contributed by atoms with van der Waals surface area (Å²) in [6, 6.07) is 12.3. The topological polar surface area (TPSA) is 113 Å². The molecule has 1 N–H and O–H groups in total. The number of rotatable bonds is 3. The van der Waals surface area contributed by atoms with E-state index in [9.17, 15) is 24.5 Å². The van der Waals surface area contributed by atoms with Gasteiger partial charge in [-0.2, -0.15) is 0 Å². The van der Waals surface area contributed by atoms with Crippen molar-refractivity contribution in [3.8, 4) is 0 Å². The maximum Gasteiger partial charge on any atom is 0.305 e. The third kappa shape index (κ3) is 3.18. The average Bonchev–Trinajstić information content (AvgIpc) is 3.23. The van der Waals surface area contributed by atoms with Crippen LogP contribution in [0.15, 0.2) is 58.4 Å². The lowest BCUT2D eigenvalue weighted by Crippen LogP contribution is -2.32. The highest BCUT2D eigenvalue weighted by Crippen LogP contribution is 2.53. The van der Waals surface area contributed by atoms with Gasteiger partial charge in [0.05, 0.1) is 21.6 Å². The third-order valence-corrected chi connectivity index (χ3v) is 8.02. The number of nitrogens with one attached hydrogen (secondary N) is 1. The minimum atomic E-state index is -0.721. The van der Waals surface area contributed by atoms with Gasteiger partial charge in [-0.1, -0.05) is 46.8 Å². The fourth-order valence-electron chi connectivity index (χ4n) is 4.02. The molecule has 0 aliphatic carbocycles. The number of thiazole rings is 1. The lowest BCUT2D eigenvalue weighted by atomic mass is 9.83. The Bertz CT molecular complexity index is 1290. The first kappa shape index (κ1) is 20.0. The van der Waals surface area contributed by atoms with E-state index >= 15 is 0 Å². The van der Waals surface area contributed by atoms with Gasteiger partial charge in [-0.05, 0) is 29.8 Å². The van der Waals surface area contributed by atoms with Gasteiger partial charge in [-0.3, -0.25) is 24.5 Å². The predicted octanol–water partition coefficient (Wildman–Crippen LogP) is 3.79. The first-order valence-corrected chi connectivity index (χ1v) is 11.2. The van der Waals surface area contributed by atoms with E-state index in [1.807, 2.05) is 0 Å². The molecule has 5 rings (SSSR count). The maximum atomic E-state index is 13.5. The van der Waals surface area contributed by atoms with Crippen LogP contribution in [-0.4, -0.2) is 27.0 Å². The number of nitro groups is 1. The minimum absolute atomic E-state index is 0.131. The molecule has 2 amide bonds. The molecule has 2 aromatic carbocycles. The van der Waals surface area contributed by atoms with E-state index in [0.717, 1.165) is 21.8 Å². The monoisotopic (exact) mass is 473 g/mol. The van der Waals surface area contributed by atoms with Gasteiger partial charge in [0.2, 0.25) is 11.8 Å². The van der Waals surface area contributed by atoms with Crippen LogP contribution >= 0.6 is 34.7 Å². The Morgan fingerprint density at radius 2 is 1.68 bits per heavy atom. The smallest absolute Gasteiger partial charge is 0.305 e. The van der Waals surface area contributed by atoms with Gasteiger partial charge in [0.25, 0.3) is 5.69 Å². The number of non-ortho nitro benzene ring substituents is 1. The van der Waals surface area contributed by atoms with E-state index in [-0.39, 0.29) is 16.2 Å².